The van der Waals surface area contributed by atoms with Crippen molar-refractivity contribution in [2.45, 2.75) is 18.9 Å². The van der Waals surface area contributed by atoms with E-state index < -0.39 is 0 Å². The zero-order chi connectivity index (χ0) is 9.26. The quantitative estimate of drug-likeness (QED) is 0.767. The molecule has 1 saturated carbocycles. The first-order valence-corrected chi connectivity index (χ1v) is 4.61. The summed E-state index contributed by atoms with van der Waals surface area (Å²) in [6, 6.07) is 8.12. The molecule has 0 spiro atoms. The predicted molar refractivity (Wildman–Crippen MR) is 50.8 cm³/mol. The Hall–Kier alpha value is -1.02. The van der Waals surface area contributed by atoms with Crippen molar-refractivity contribution in [2.24, 2.45) is 0 Å². The Morgan fingerprint density at radius 1 is 1.54 bits per heavy atom. The van der Waals surface area contributed by atoms with Crippen LogP contribution in [0.4, 0.5) is 0 Å². The van der Waals surface area contributed by atoms with Crippen LogP contribution in [0.15, 0.2) is 18.2 Å². The van der Waals surface area contributed by atoms with Crippen LogP contribution in [0.3, 0.4) is 0 Å². The number of carbonyl (C=O) groups excluding carboxylic acids is 1. The van der Waals surface area contributed by atoms with E-state index in [0.717, 1.165) is 12.8 Å². The first kappa shape index (κ1) is 8.57. The van der Waals surface area contributed by atoms with Crippen LogP contribution in [0.5, 0.6) is 0 Å². The minimum absolute atomic E-state index is 0.0544. The van der Waals surface area contributed by atoms with Crippen molar-refractivity contribution < 1.29 is 4.79 Å². The van der Waals surface area contributed by atoms with E-state index in [0.29, 0.717) is 16.6 Å². The van der Waals surface area contributed by atoms with Gasteiger partial charge in [-0.25, -0.2) is 0 Å². The van der Waals surface area contributed by atoms with Crippen molar-refractivity contribution in [3.63, 3.8) is 0 Å². The molecule has 0 atom stereocenters. The minimum atomic E-state index is -0.0544. The van der Waals surface area contributed by atoms with E-state index in [1.54, 1.807) is 18.2 Å². The van der Waals surface area contributed by atoms with Crippen LogP contribution in [0, 0.1) is 6.07 Å². The molecule has 1 aromatic rings. The van der Waals surface area contributed by atoms with E-state index in [1.165, 1.54) is 0 Å². The highest BCUT2D eigenvalue weighted by Gasteiger charge is 2.23. The van der Waals surface area contributed by atoms with Gasteiger partial charge in [0.25, 0.3) is 5.91 Å². The summed E-state index contributed by atoms with van der Waals surface area (Å²) in [5, 5.41) is 3.42. The second-order valence-corrected chi connectivity index (χ2v) is 3.62. The van der Waals surface area contributed by atoms with Crippen molar-refractivity contribution >= 4 is 17.5 Å². The maximum absolute atomic E-state index is 11.5. The number of hydrogen-bond acceptors (Lipinski definition) is 1. The molecule has 0 unspecified atom stereocenters. The van der Waals surface area contributed by atoms with Gasteiger partial charge in [-0.3, -0.25) is 4.79 Å². The first-order valence-electron chi connectivity index (χ1n) is 4.23. The zero-order valence-electron chi connectivity index (χ0n) is 7.01. The average molecular weight is 195 g/mol. The Kier molecular flexibility index (Phi) is 2.23. The molecule has 67 valence electrons. The Balaban J connectivity index is 2.09. The van der Waals surface area contributed by atoms with Crippen molar-refractivity contribution in [3.05, 3.63) is 34.9 Å². The maximum Gasteiger partial charge on any atom is 0.251 e. The lowest BCUT2D eigenvalue weighted by atomic mass is 10.2. The Labute approximate surface area is 81.9 Å². The first-order chi connectivity index (χ1) is 6.25. The van der Waals surface area contributed by atoms with Crippen molar-refractivity contribution in [2.75, 3.05) is 0 Å². The van der Waals surface area contributed by atoms with Crippen LogP contribution in [-0.2, 0) is 0 Å². The van der Waals surface area contributed by atoms with Gasteiger partial charge < -0.3 is 5.32 Å². The van der Waals surface area contributed by atoms with Gasteiger partial charge in [-0.2, -0.15) is 0 Å². The highest BCUT2D eigenvalue weighted by atomic mass is 35.5. The Morgan fingerprint density at radius 3 is 2.92 bits per heavy atom. The summed E-state index contributed by atoms with van der Waals surface area (Å²) in [6.45, 7) is 0. The van der Waals surface area contributed by atoms with Crippen LogP contribution in [0.1, 0.15) is 23.2 Å². The number of amides is 1. The van der Waals surface area contributed by atoms with Gasteiger partial charge in [0.15, 0.2) is 0 Å². The third-order valence-corrected chi connectivity index (χ3v) is 2.15. The largest absolute Gasteiger partial charge is 0.349 e. The molecule has 0 aliphatic heterocycles. The molecule has 0 bridgehead atoms. The fourth-order valence-corrected chi connectivity index (χ4v) is 1.25. The van der Waals surface area contributed by atoms with Gasteiger partial charge >= 0.3 is 0 Å². The molecule has 1 aliphatic rings. The molecule has 0 saturated heterocycles. The molecular formula is C10H9ClNO. The van der Waals surface area contributed by atoms with Crippen LogP contribution >= 0.6 is 11.6 Å². The van der Waals surface area contributed by atoms with Crippen LogP contribution in [-0.4, -0.2) is 11.9 Å². The predicted octanol–water partition coefficient (Wildman–Crippen LogP) is 2.03. The van der Waals surface area contributed by atoms with E-state index in [2.05, 4.69) is 11.4 Å². The monoisotopic (exact) mass is 194 g/mol. The Morgan fingerprint density at radius 2 is 2.31 bits per heavy atom. The van der Waals surface area contributed by atoms with Crippen LogP contribution in [0.2, 0.25) is 5.02 Å². The fourth-order valence-electron chi connectivity index (χ4n) is 1.07. The number of halogens is 1. The molecule has 1 aliphatic carbocycles. The summed E-state index contributed by atoms with van der Waals surface area (Å²) in [5.41, 5.74) is 0.583. The van der Waals surface area contributed by atoms with Gasteiger partial charge in [0.2, 0.25) is 0 Å². The van der Waals surface area contributed by atoms with Gasteiger partial charge in [-0.1, -0.05) is 11.6 Å². The molecule has 13 heavy (non-hydrogen) atoms. The fraction of sp³-hybridized carbons (Fsp3) is 0.300. The van der Waals surface area contributed by atoms with Crippen molar-refractivity contribution in [3.8, 4) is 0 Å². The summed E-state index contributed by atoms with van der Waals surface area (Å²) in [6.07, 6.45) is 2.19. The van der Waals surface area contributed by atoms with Crippen molar-refractivity contribution in [1.82, 2.24) is 5.32 Å². The second-order valence-electron chi connectivity index (χ2n) is 3.19. The number of benzene rings is 1. The molecule has 2 nitrogen and oxygen atoms in total. The molecule has 0 heterocycles. The minimum Gasteiger partial charge on any atom is -0.349 e. The molecule has 3 heteroatoms. The number of carbonyl (C=O) groups is 1. The second kappa shape index (κ2) is 3.38. The third-order valence-electron chi connectivity index (χ3n) is 1.93. The molecule has 1 fully saturated rings. The molecule has 2 rings (SSSR count). The van der Waals surface area contributed by atoms with E-state index >= 15 is 0 Å². The zero-order valence-corrected chi connectivity index (χ0v) is 7.77. The number of hydrogen-bond donors (Lipinski definition) is 1. The molecule has 1 N–H and O–H groups in total. The lowest BCUT2D eigenvalue weighted by Crippen LogP contribution is -2.25. The highest BCUT2D eigenvalue weighted by molar-refractivity contribution is 6.30. The molecule has 1 amide bonds. The van der Waals surface area contributed by atoms with Gasteiger partial charge in [-0.15, -0.1) is 0 Å². The van der Waals surface area contributed by atoms with Gasteiger partial charge in [0.1, 0.15) is 0 Å². The molecular weight excluding hydrogens is 186 g/mol. The normalized spacial score (nSPS) is 15.5. The molecule has 1 aromatic carbocycles. The summed E-state index contributed by atoms with van der Waals surface area (Å²) >= 11 is 5.73. The summed E-state index contributed by atoms with van der Waals surface area (Å²) in [7, 11) is 0. The number of nitrogens with one attached hydrogen (secondary N) is 1. The summed E-state index contributed by atoms with van der Waals surface area (Å²) in [5.74, 6) is -0.0544. The van der Waals surface area contributed by atoms with Crippen LogP contribution in [0.25, 0.3) is 0 Å². The van der Waals surface area contributed by atoms with Crippen molar-refractivity contribution in [1.29, 1.82) is 0 Å². The van der Waals surface area contributed by atoms with Crippen LogP contribution < -0.4 is 5.32 Å². The van der Waals surface area contributed by atoms with Gasteiger partial charge in [0, 0.05) is 16.6 Å². The lowest BCUT2D eigenvalue weighted by Gasteiger charge is -2.02. The smallest absolute Gasteiger partial charge is 0.251 e. The molecule has 0 aromatic heterocycles. The van der Waals surface area contributed by atoms with E-state index in [1.807, 2.05) is 0 Å². The van der Waals surface area contributed by atoms with E-state index in [-0.39, 0.29) is 5.91 Å². The van der Waals surface area contributed by atoms with Gasteiger partial charge in [-0.05, 0) is 37.1 Å². The molecule has 1 radical (unpaired) electrons. The standard InChI is InChI=1S/C10H9ClNO/c11-8-3-1-2-7(6-8)10(13)12-9-4-5-9/h2-3,6,9H,4-5H2,(H,12,13). The Bertz CT molecular complexity index is 333. The van der Waals surface area contributed by atoms with E-state index in [4.69, 9.17) is 11.6 Å². The third kappa shape index (κ3) is 2.22. The topological polar surface area (TPSA) is 29.1 Å². The lowest BCUT2D eigenvalue weighted by molar-refractivity contribution is 0.0951. The number of rotatable bonds is 2. The van der Waals surface area contributed by atoms with E-state index in [9.17, 15) is 4.79 Å². The average Bonchev–Trinajstić information content (AvgIpc) is 2.88. The SMILES string of the molecule is O=C(NC1CC1)c1c[c]cc(Cl)c1. The van der Waals surface area contributed by atoms with Gasteiger partial charge in [0.05, 0.1) is 0 Å². The highest BCUT2D eigenvalue weighted by Crippen LogP contribution is 2.19. The summed E-state index contributed by atoms with van der Waals surface area (Å²) in [4.78, 5) is 11.5. The summed E-state index contributed by atoms with van der Waals surface area (Å²) < 4.78 is 0. The maximum atomic E-state index is 11.5.